The number of ether oxygens (including phenoxy) is 1. The number of benzene rings is 1. The fraction of sp³-hybridized carbons (Fsp3) is 0.0769. The summed E-state index contributed by atoms with van der Waals surface area (Å²) >= 11 is 0. The van der Waals surface area contributed by atoms with E-state index in [1.54, 1.807) is 0 Å². The van der Waals surface area contributed by atoms with Crippen LogP contribution >= 0.6 is 0 Å². The van der Waals surface area contributed by atoms with Crippen molar-refractivity contribution in [1.29, 1.82) is 0 Å². The maximum atomic E-state index is 11.6. The molecule has 0 amide bonds. The summed E-state index contributed by atoms with van der Waals surface area (Å²) in [7, 11) is 0. The number of esters is 1. The summed E-state index contributed by atoms with van der Waals surface area (Å²) < 4.78 is 4.62. The standard InChI is InChI=1S/C13H10O7/c1-2-8(14)6-20-13(19)7-3-4-9(11(15)16)10(5-7)12(17)18/h2-5H,1,6H2,(H,15,16)(H,17,18). The van der Waals surface area contributed by atoms with Gasteiger partial charge in [0, 0.05) is 0 Å². The van der Waals surface area contributed by atoms with E-state index in [2.05, 4.69) is 11.3 Å². The molecule has 0 aliphatic rings. The predicted molar refractivity (Wildman–Crippen MR) is 65.8 cm³/mol. The first kappa shape index (κ1) is 15.1. The Morgan fingerprint density at radius 3 is 2.20 bits per heavy atom. The molecule has 0 saturated carbocycles. The molecule has 0 heterocycles. The molecule has 0 unspecified atom stereocenters. The van der Waals surface area contributed by atoms with Crippen LogP contribution in [0, 0.1) is 0 Å². The van der Waals surface area contributed by atoms with Gasteiger partial charge in [-0.05, 0) is 24.3 Å². The van der Waals surface area contributed by atoms with Crippen LogP contribution in [0.15, 0.2) is 30.9 Å². The van der Waals surface area contributed by atoms with Gasteiger partial charge in [0.15, 0.2) is 12.4 Å². The van der Waals surface area contributed by atoms with Crippen molar-refractivity contribution in [2.24, 2.45) is 0 Å². The quantitative estimate of drug-likeness (QED) is 0.588. The normalized spacial score (nSPS) is 9.60. The molecule has 7 nitrogen and oxygen atoms in total. The van der Waals surface area contributed by atoms with Gasteiger partial charge in [-0.15, -0.1) is 0 Å². The smallest absolute Gasteiger partial charge is 0.338 e. The number of carbonyl (C=O) groups is 4. The molecular weight excluding hydrogens is 268 g/mol. The zero-order valence-corrected chi connectivity index (χ0v) is 10.2. The summed E-state index contributed by atoms with van der Waals surface area (Å²) in [6.45, 7) is 2.67. The van der Waals surface area contributed by atoms with Gasteiger partial charge >= 0.3 is 17.9 Å². The van der Waals surface area contributed by atoms with Crippen molar-refractivity contribution in [2.75, 3.05) is 6.61 Å². The third-order valence-electron chi connectivity index (χ3n) is 2.29. The highest BCUT2D eigenvalue weighted by atomic mass is 16.5. The summed E-state index contributed by atoms with van der Waals surface area (Å²) in [5.41, 5.74) is -1.15. The summed E-state index contributed by atoms with van der Waals surface area (Å²) in [4.78, 5) is 44.2. The lowest BCUT2D eigenvalue weighted by Crippen LogP contribution is -2.14. The van der Waals surface area contributed by atoms with Crippen molar-refractivity contribution in [1.82, 2.24) is 0 Å². The summed E-state index contributed by atoms with van der Waals surface area (Å²) in [5, 5.41) is 17.7. The number of carboxylic acids is 2. The first-order valence-corrected chi connectivity index (χ1v) is 5.30. The van der Waals surface area contributed by atoms with Crippen LogP contribution in [0.2, 0.25) is 0 Å². The fourth-order valence-electron chi connectivity index (χ4n) is 1.31. The number of hydrogen-bond donors (Lipinski definition) is 2. The first-order chi connectivity index (χ1) is 9.36. The molecule has 0 aliphatic heterocycles. The molecule has 7 heteroatoms. The maximum Gasteiger partial charge on any atom is 0.338 e. The molecule has 2 N–H and O–H groups in total. The van der Waals surface area contributed by atoms with Crippen molar-refractivity contribution in [3.63, 3.8) is 0 Å². The molecule has 0 saturated heterocycles. The van der Waals surface area contributed by atoms with E-state index < -0.39 is 41.4 Å². The number of hydrogen-bond acceptors (Lipinski definition) is 5. The van der Waals surface area contributed by atoms with Gasteiger partial charge in [0.05, 0.1) is 16.7 Å². The Morgan fingerprint density at radius 2 is 1.70 bits per heavy atom. The van der Waals surface area contributed by atoms with Crippen LogP contribution in [0.3, 0.4) is 0 Å². The largest absolute Gasteiger partial charge is 0.478 e. The number of carboxylic acid groups (broad SMARTS) is 2. The Morgan fingerprint density at radius 1 is 1.10 bits per heavy atom. The molecule has 20 heavy (non-hydrogen) atoms. The molecule has 1 aromatic rings. The fourth-order valence-corrected chi connectivity index (χ4v) is 1.31. The van der Waals surface area contributed by atoms with Gasteiger partial charge < -0.3 is 14.9 Å². The van der Waals surface area contributed by atoms with E-state index in [9.17, 15) is 19.2 Å². The average Bonchev–Trinajstić information content (AvgIpc) is 2.43. The van der Waals surface area contributed by atoms with Crippen LogP contribution in [0.25, 0.3) is 0 Å². The second-order valence-corrected chi connectivity index (χ2v) is 3.62. The van der Waals surface area contributed by atoms with Crippen LogP contribution < -0.4 is 0 Å². The molecule has 104 valence electrons. The Balaban J connectivity index is 3.03. The molecule has 1 aromatic carbocycles. The minimum Gasteiger partial charge on any atom is -0.478 e. The van der Waals surface area contributed by atoms with Crippen molar-refractivity contribution in [3.05, 3.63) is 47.5 Å². The lowest BCUT2D eigenvalue weighted by atomic mass is 10.0. The Labute approximate surface area is 113 Å². The van der Waals surface area contributed by atoms with Crippen molar-refractivity contribution in [3.8, 4) is 0 Å². The van der Waals surface area contributed by atoms with Gasteiger partial charge in [-0.25, -0.2) is 14.4 Å². The van der Waals surface area contributed by atoms with Gasteiger partial charge in [0.25, 0.3) is 0 Å². The molecule has 0 radical (unpaired) electrons. The summed E-state index contributed by atoms with van der Waals surface area (Å²) in [5.74, 6) is -4.36. The molecule has 0 fully saturated rings. The monoisotopic (exact) mass is 278 g/mol. The van der Waals surface area contributed by atoms with Crippen LogP contribution in [-0.2, 0) is 9.53 Å². The Kier molecular flexibility index (Phi) is 4.74. The van der Waals surface area contributed by atoms with E-state index >= 15 is 0 Å². The third-order valence-corrected chi connectivity index (χ3v) is 2.29. The van der Waals surface area contributed by atoms with Gasteiger partial charge in [-0.2, -0.15) is 0 Å². The highest BCUT2D eigenvalue weighted by Gasteiger charge is 2.19. The number of rotatable bonds is 6. The van der Waals surface area contributed by atoms with Gasteiger partial charge in [-0.1, -0.05) is 6.58 Å². The topological polar surface area (TPSA) is 118 Å². The maximum absolute atomic E-state index is 11.6. The third kappa shape index (κ3) is 3.52. The lowest BCUT2D eigenvalue weighted by molar-refractivity contribution is -0.117. The molecule has 0 aromatic heterocycles. The average molecular weight is 278 g/mol. The molecular formula is C13H10O7. The van der Waals surface area contributed by atoms with Gasteiger partial charge in [0.1, 0.15) is 0 Å². The molecule has 0 spiro atoms. The summed E-state index contributed by atoms with van der Waals surface area (Å²) in [6.07, 6.45) is 0.976. The van der Waals surface area contributed by atoms with E-state index in [4.69, 9.17) is 10.2 Å². The van der Waals surface area contributed by atoms with Gasteiger partial charge in [-0.3, -0.25) is 4.79 Å². The Bertz CT molecular complexity index is 601. The van der Waals surface area contributed by atoms with E-state index in [1.165, 1.54) is 0 Å². The minimum absolute atomic E-state index is 0.163. The van der Waals surface area contributed by atoms with Crippen molar-refractivity contribution in [2.45, 2.75) is 0 Å². The van der Waals surface area contributed by atoms with Crippen molar-refractivity contribution < 1.29 is 34.1 Å². The minimum atomic E-state index is -1.49. The number of ketones is 1. The molecule has 0 bridgehead atoms. The number of aromatic carboxylic acids is 2. The highest BCUT2D eigenvalue weighted by Crippen LogP contribution is 2.13. The second-order valence-electron chi connectivity index (χ2n) is 3.62. The SMILES string of the molecule is C=CC(=O)COC(=O)c1ccc(C(=O)O)c(C(=O)O)c1. The van der Waals surface area contributed by atoms with Crippen LogP contribution in [-0.4, -0.2) is 40.5 Å². The highest BCUT2D eigenvalue weighted by molar-refractivity contribution is 6.04. The van der Waals surface area contributed by atoms with E-state index in [1.807, 2.05) is 0 Å². The van der Waals surface area contributed by atoms with Crippen LogP contribution in [0.5, 0.6) is 0 Å². The van der Waals surface area contributed by atoms with Crippen LogP contribution in [0.4, 0.5) is 0 Å². The van der Waals surface area contributed by atoms with E-state index in [-0.39, 0.29) is 5.56 Å². The van der Waals surface area contributed by atoms with Crippen molar-refractivity contribution >= 4 is 23.7 Å². The molecule has 1 rings (SSSR count). The second kappa shape index (κ2) is 6.28. The zero-order valence-electron chi connectivity index (χ0n) is 10.2. The van der Waals surface area contributed by atoms with E-state index in [0.29, 0.717) is 0 Å². The predicted octanol–water partition coefficient (Wildman–Crippen LogP) is 0.995. The van der Waals surface area contributed by atoms with Crippen LogP contribution in [0.1, 0.15) is 31.1 Å². The first-order valence-electron chi connectivity index (χ1n) is 5.30. The van der Waals surface area contributed by atoms with E-state index in [0.717, 1.165) is 24.3 Å². The Hall–Kier alpha value is -2.96. The molecule has 0 atom stereocenters. The zero-order chi connectivity index (χ0) is 15.3. The summed E-state index contributed by atoms with van der Waals surface area (Å²) in [6, 6.07) is 2.97. The molecule has 0 aliphatic carbocycles. The number of carbonyl (C=O) groups excluding carboxylic acids is 2. The van der Waals surface area contributed by atoms with Gasteiger partial charge in [0.2, 0.25) is 0 Å². The lowest BCUT2D eigenvalue weighted by Gasteiger charge is -2.06.